The maximum absolute atomic E-state index is 12.4. The maximum atomic E-state index is 12.4. The highest BCUT2D eigenvalue weighted by Gasteiger charge is 2.26. The second-order valence-corrected chi connectivity index (χ2v) is 9.52. The molecule has 2 aromatic heterocycles. The fourth-order valence-corrected chi connectivity index (χ4v) is 5.10. The number of fused-ring (bicyclic) bond motifs is 1. The largest absolute Gasteiger partial charge is 0.362 e. The Morgan fingerprint density at radius 3 is 2.52 bits per heavy atom. The van der Waals surface area contributed by atoms with Gasteiger partial charge in [0.15, 0.2) is 0 Å². The Kier molecular flexibility index (Phi) is 6.35. The first-order valence-corrected chi connectivity index (χ1v) is 11.6. The average molecular weight is 445 g/mol. The van der Waals surface area contributed by atoms with Gasteiger partial charge in [-0.25, -0.2) is 4.98 Å². The molecule has 1 fully saturated rings. The summed E-state index contributed by atoms with van der Waals surface area (Å²) in [5.74, 6) is 1.48. The molecule has 0 bridgehead atoms. The Morgan fingerprint density at radius 2 is 1.84 bits per heavy atom. The molecule has 1 saturated carbocycles. The summed E-state index contributed by atoms with van der Waals surface area (Å²) in [7, 11) is 4.05. The number of hydrogen-bond donors (Lipinski definition) is 2. The topological polar surface area (TPSA) is 113 Å². The summed E-state index contributed by atoms with van der Waals surface area (Å²) in [5.41, 5.74) is 2.44. The number of carbonyl (C=O) groups is 1. The van der Waals surface area contributed by atoms with E-state index in [1.54, 1.807) is 0 Å². The van der Waals surface area contributed by atoms with Crippen molar-refractivity contribution in [2.45, 2.75) is 63.5 Å². The molecule has 2 N–H and O–H groups in total. The van der Waals surface area contributed by atoms with Gasteiger partial charge in [0.1, 0.15) is 5.82 Å². The van der Waals surface area contributed by atoms with Crippen molar-refractivity contribution >= 4 is 34.0 Å². The molecule has 0 aliphatic heterocycles. The van der Waals surface area contributed by atoms with Crippen molar-refractivity contribution in [2.24, 2.45) is 0 Å². The van der Waals surface area contributed by atoms with Crippen LogP contribution in [0.5, 0.6) is 0 Å². The molecular weight excluding hydrogens is 416 g/mol. The van der Waals surface area contributed by atoms with Crippen LogP contribution in [0.25, 0.3) is 0 Å². The van der Waals surface area contributed by atoms with Crippen LogP contribution in [0.3, 0.4) is 0 Å². The van der Waals surface area contributed by atoms with Crippen LogP contribution in [0.1, 0.15) is 59.5 Å². The van der Waals surface area contributed by atoms with Crippen LogP contribution in [0.4, 0.5) is 16.8 Å². The van der Waals surface area contributed by atoms with E-state index in [0.29, 0.717) is 10.8 Å². The van der Waals surface area contributed by atoms with E-state index < -0.39 is 4.92 Å². The fraction of sp³-hybridized carbons (Fsp3) is 0.571. The van der Waals surface area contributed by atoms with Crippen molar-refractivity contribution in [2.75, 3.05) is 24.3 Å². The number of aryl methyl sites for hydroxylation is 1. The Morgan fingerprint density at radius 1 is 1.13 bits per heavy atom. The number of carbonyl (C=O) groups excluding carboxylic acids is 1. The summed E-state index contributed by atoms with van der Waals surface area (Å²) < 4.78 is 0. The molecule has 31 heavy (non-hydrogen) atoms. The summed E-state index contributed by atoms with van der Waals surface area (Å²) >= 11 is 0.911. The monoisotopic (exact) mass is 444 g/mol. The maximum Gasteiger partial charge on any atom is 0.324 e. The molecule has 2 aromatic rings. The highest BCUT2D eigenvalue weighted by molar-refractivity contribution is 7.17. The van der Waals surface area contributed by atoms with E-state index in [-0.39, 0.29) is 23.0 Å². The zero-order chi connectivity index (χ0) is 22.0. The number of nitrogens with one attached hydrogen (secondary N) is 2. The van der Waals surface area contributed by atoms with Gasteiger partial charge in [-0.2, -0.15) is 4.98 Å². The van der Waals surface area contributed by atoms with E-state index in [0.717, 1.165) is 55.7 Å². The minimum absolute atomic E-state index is 0.0137. The van der Waals surface area contributed by atoms with Crippen LogP contribution < -0.4 is 15.5 Å². The molecule has 10 heteroatoms. The lowest BCUT2D eigenvalue weighted by Gasteiger charge is -2.30. The normalized spacial score (nSPS) is 20.6. The quantitative estimate of drug-likeness (QED) is 0.517. The summed E-state index contributed by atoms with van der Waals surface area (Å²) in [6.45, 7) is 0. The number of nitrogens with zero attached hydrogens (tertiary/aromatic N) is 4. The molecule has 0 aromatic carbocycles. The van der Waals surface area contributed by atoms with Gasteiger partial charge >= 0.3 is 5.00 Å². The summed E-state index contributed by atoms with van der Waals surface area (Å²) in [6, 6.07) is 3.24. The lowest BCUT2D eigenvalue weighted by Crippen LogP contribution is -2.40. The Hall–Kier alpha value is -2.75. The molecule has 0 radical (unpaired) electrons. The van der Waals surface area contributed by atoms with Crippen molar-refractivity contribution in [3.05, 3.63) is 38.4 Å². The van der Waals surface area contributed by atoms with Gasteiger partial charge in [-0.05, 0) is 57.4 Å². The van der Waals surface area contributed by atoms with E-state index >= 15 is 0 Å². The van der Waals surface area contributed by atoms with Crippen LogP contribution in [-0.4, -0.2) is 47.0 Å². The van der Waals surface area contributed by atoms with Gasteiger partial charge in [0.05, 0.1) is 15.5 Å². The van der Waals surface area contributed by atoms with Gasteiger partial charge in [-0.15, -0.1) is 0 Å². The molecule has 166 valence electrons. The van der Waals surface area contributed by atoms with Gasteiger partial charge in [0, 0.05) is 37.8 Å². The Bertz CT molecular complexity index is 968. The smallest absolute Gasteiger partial charge is 0.324 e. The number of aromatic nitrogens is 2. The molecule has 2 aliphatic carbocycles. The predicted molar refractivity (Wildman–Crippen MR) is 121 cm³/mol. The molecule has 4 rings (SSSR count). The van der Waals surface area contributed by atoms with Crippen molar-refractivity contribution in [3.8, 4) is 0 Å². The fourth-order valence-electron chi connectivity index (χ4n) is 4.38. The van der Waals surface area contributed by atoms with Gasteiger partial charge in [0.25, 0.3) is 5.91 Å². The molecule has 9 nitrogen and oxygen atoms in total. The molecule has 0 unspecified atom stereocenters. The number of hydrogen-bond acceptors (Lipinski definition) is 8. The van der Waals surface area contributed by atoms with E-state index in [9.17, 15) is 14.9 Å². The Balaban J connectivity index is 1.33. The van der Waals surface area contributed by atoms with Crippen molar-refractivity contribution in [3.63, 3.8) is 0 Å². The van der Waals surface area contributed by atoms with Crippen molar-refractivity contribution in [1.82, 2.24) is 15.3 Å². The molecule has 2 aliphatic rings. The molecule has 1 amide bonds. The summed E-state index contributed by atoms with van der Waals surface area (Å²) in [5, 5.41) is 17.3. The lowest BCUT2D eigenvalue weighted by atomic mass is 9.91. The Labute approximate surface area is 185 Å². The van der Waals surface area contributed by atoms with Gasteiger partial charge in [-0.3, -0.25) is 14.9 Å². The van der Waals surface area contributed by atoms with Crippen molar-refractivity contribution < 1.29 is 9.72 Å². The minimum atomic E-state index is -0.469. The van der Waals surface area contributed by atoms with Crippen molar-refractivity contribution in [1.29, 1.82) is 0 Å². The summed E-state index contributed by atoms with van der Waals surface area (Å²) in [6.07, 6.45) is 7.94. The van der Waals surface area contributed by atoms with Crippen LogP contribution in [0.15, 0.2) is 12.1 Å². The van der Waals surface area contributed by atoms with Crippen LogP contribution >= 0.6 is 11.3 Å². The first-order valence-electron chi connectivity index (χ1n) is 10.8. The van der Waals surface area contributed by atoms with E-state index in [4.69, 9.17) is 9.97 Å². The lowest BCUT2D eigenvalue weighted by molar-refractivity contribution is -0.380. The number of amides is 1. The van der Waals surface area contributed by atoms with Crippen LogP contribution in [0.2, 0.25) is 0 Å². The number of thiophene rings is 1. The molecule has 0 saturated heterocycles. The van der Waals surface area contributed by atoms with E-state index in [1.807, 2.05) is 14.1 Å². The van der Waals surface area contributed by atoms with Crippen LogP contribution in [-0.2, 0) is 12.8 Å². The first kappa shape index (κ1) is 21.5. The highest BCUT2D eigenvalue weighted by Crippen LogP contribution is 2.30. The number of anilines is 2. The zero-order valence-electron chi connectivity index (χ0n) is 17.9. The number of nitro groups is 1. The molecule has 2 heterocycles. The second kappa shape index (κ2) is 9.17. The third kappa shape index (κ3) is 4.95. The van der Waals surface area contributed by atoms with Crippen LogP contribution in [0, 0.1) is 10.1 Å². The predicted octanol–water partition coefficient (Wildman–Crippen LogP) is 3.54. The average Bonchev–Trinajstić information content (AvgIpc) is 3.25. The third-order valence-corrected chi connectivity index (χ3v) is 7.01. The number of rotatable bonds is 6. The summed E-state index contributed by atoms with van der Waals surface area (Å²) in [4.78, 5) is 34.8. The molecule has 0 atom stereocenters. The van der Waals surface area contributed by atoms with E-state index in [1.165, 1.54) is 36.2 Å². The third-order valence-electron chi connectivity index (χ3n) is 5.98. The highest BCUT2D eigenvalue weighted by atomic mass is 32.1. The minimum Gasteiger partial charge on any atom is -0.362 e. The van der Waals surface area contributed by atoms with Gasteiger partial charge in [0.2, 0.25) is 5.95 Å². The van der Waals surface area contributed by atoms with E-state index in [2.05, 4.69) is 15.5 Å². The molecular formula is C21H28N6O3S. The van der Waals surface area contributed by atoms with Gasteiger partial charge < -0.3 is 15.5 Å². The second-order valence-electron chi connectivity index (χ2n) is 8.46. The molecule has 0 spiro atoms. The zero-order valence-corrected chi connectivity index (χ0v) is 18.7. The van der Waals surface area contributed by atoms with Gasteiger partial charge in [-0.1, -0.05) is 11.3 Å². The standard InChI is InChI=1S/C21H28N6O3S/c1-26(2)19-15-5-3-4-6-16(15)24-21(25-19)23-14-9-7-13(8-10-14)22-20(28)17-11-12-18(31-17)27(29)30/h11-14H,3-10H2,1-2H3,(H,22,28)(H,23,24,25)/t13-,14+. The SMILES string of the molecule is CN(C)c1nc(N[C@H]2CC[C@@H](NC(=O)c3ccc([N+](=O)[O-])s3)CC2)nc2c1CCCC2. The first-order chi connectivity index (χ1) is 14.9.